The van der Waals surface area contributed by atoms with Crippen LogP contribution in [0.4, 0.5) is 0 Å². The van der Waals surface area contributed by atoms with Crippen LogP contribution in [0.15, 0.2) is 12.3 Å². The lowest BCUT2D eigenvalue weighted by atomic mass is 10.1. The third-order valence-corrected chi connectivity index (χ3v) is 4.40. The molecule has 1 aromatic rings. The Labute approximate surface area is 120 Å². The predicted octanol–water partition coefficient (Wildman–Crippen LogP) is 1.29. The van der Waals surface area contributed by atoms with Crippen LogP contribution in [0, 0.1) is 0 Å². The highest BCUT2D eigenvalue weighted by Gasteiger charge is 2.33. The van der Waals surface area contributed by atoms with Gasteiger partial charge < -0.3 is 10.5 Å². The molecule has 110 valence electrons. The first-order valence-corrected chi connectivity index (χ1v) is 7.69. The molecule has 2 fully saturated rings. The van der Waals surface area contributed by atoms with Gasteiger partial charge in [0, 0.05) is 36.9 Å². The molecular formula is C15H24N4O. The van der Waals surface area contributed by atoms with E-state index in [1.54, 1.807) is 0 Å². The van der Waals surface area contributed by atoms with Gasteiger partial charge in [-0.2, -0.15) is 0 Å². The molecule has 20 heavy (non-hydrogen) atoms. The highest BCUT2D eigenvalue weighted by atomic mass is 16.5. The van der Waals surface area contributed by atoms with Crippen molar-refractivity contribution in [1.29, 1.82) is 0 Å². The maximum Gasteiger partial charge on any atom is 0.158 e. The molecule has 0 bridgehead atoms. The molecule has 3 rings (SSSR count). The fourth-order valence-corrected chi connectivity index (χ4v) is 3.07. The SMILES string of the molecule is CCC(N)Cc1ccnc(C2CN3CCCC3CO2)n1. The summed E-state index contributed by atoms with van der Waals surface area (Å²) in [5.74, 6) is 0.816. The Hall–Kier alpha value is -1.04. The number of hydrogen-bond acceptors (Lipinski definition) is 5. The standard InChI is InChI=1S/C15H24N4O/c1-2-11(16)8-12-5-6-17-15(18-12)14-9-19-7-3-4-13(19)10-20-14/h5-6,11,13-14H,2-4,7-10,16H2,1H3. The zero-order valence-electron chi connectivity index (χ0n) is 12.2. The number of fused-ring (bicyclic) bond motifs is 1. The first-order valence-electron chi connectivity index (χ1n) is 7.69. The van der Waals surface area contributed by atoms with Gasteiger partial charge in [-0.1, -0.05) is 6.92 Å². The van der Waals surface area contributed by atoms with Crippen molar-refractivity contribution in [2.45, 2.75) is 50.8 Å². The van der Waals surface area contributed by atoms with Crippen LogP contribution in [0.3, 0.4) is 0 Å². The van der Waals surface area contributed by atoms with E-state index in [-0.39, 0.29) is 12.1 Å². The summed E-state index contributed by atoms with van der Waals surface area (Å²) in [5, 5.41) is 0. The number of aromatic nitrogens is 2. The van der Waals surface area contributed by atoms with E-state index >= 15 is 0 Å². The smallest absolute Gasteiger partial charge is 0.158 e. The quantitative estimate of drug-likeness (QED) is 0.898. The highest BCUT2D eigenvalue weighted by Crippen LogP contribution is 2.28. The van der Waals surface area contributed by atoms with Gasteiger partial charge in [0.15, 0.2) is 5.82 Å². The van der Waals surface area contributed by atoms with E-state index in [9.17, 15) is 0 Å². The highest BCUT2D eigenvalue weighted by molar-refractivity contribution is 5.07. The van der Waals surface area contributed by atoms with Crippen molar-refractivity contribution in [2.24, 2.45) is 5.73 Å². The third kappa shape index (κ3) is 3.00. The Kier molecular flexibility index (Phi) is 4.29. The van der Waals surface area contributed by atoms with Crippen molar-refractivity contribution in [3.63, 3.8) is 0 Å². The first-order chi connectivity index (χ1) is 9.76. The molecule has 0 amide bonds. The van der Waals surface area contributed by atoms with Crippen LogP contribution < -0.4 is 5.73 Å². The van der Waals surface area contributed by atoms with Crippen molar-refractivity contribution < 1.29 is 4.74 Å². The fraction of sp³-hybridized carbons (Fsp3) is 0.733. The molecule has 2 saturated heterocycles. The predicted molar refractivity (Wildman–Crippen MR) is 77.3 cm³/mol. The van der Waals surface area contributed by atoms with Gasteiger partial charge in [-0.15, -0.1) is 0 Å². The van der Waals surface area contributed by atoms with Gasteiger partial charge in [-0.3, -0.25) is 4.90 Å². The van der Waals surface area contributed by atoms with E-state index in [0.29, 0.717) is 6.04 Å². The summed E-state index contributed by atoms with van der Waals surface area (Å²) in [6, 6.07) is 2.75. The second-order valence-electron chi connectivity index (χ2n) is 5.89. The molecule has 3 heterocycles. The molecule has 5 heteroatoms. The maximum absolute atomic E-state index is 6.00. The Morgan fingerprint density at radius 2 is 2.45 bits per heavy atom. The van der Waals surface area contributed by atoms with Crippen molar-refractivity contribution in [3.8, 4) is 0 Å². The lowest BCUT2D eigenvalue weighted by molar-refractivity contribution is -0.0542. The average molecular weight is 276 g/mol. The number of nitrogens with zero attached hydrogens (tertiary/aromatic N) is 3. The molecule has 0 spiro atoms. The van der Waals surface area contributed by atoms with Gasteiger partial charge in [0.25, 0.3) is 0 Å². The van der Waals surface area contributed by atoms with Crippen LogP contribution in [0.25, 0.3) is 0 Å². The summed E-state index contributed by atoms with van der Waals surface area (Å²) < 4.78 is 5.97. The summed E-state index contributed by atoms with van der Waals surface area (Å²) in [6.45, 7) is 5.02. The van der Waals surface area contributed by atoms with Crippen molar-refractivity contribution >= 4 is 0 Å². The molecule has 0 saturated carbocycles. The topological polar surface area (TPSA) is 64.3 Å². The molecule has 1 aromatic heterocycles. The largest absolute Gasteiger partial charge is 0.367 e. The lowest BCUT2D eigenvalue weighted by Crippen LogP contribution is -2.42. The summed E-state index contributed by atoms with van der Waals surface area (Å²) >= 11 is 0. The van der Waals surface area contributed by atoms with Gasteiger partial charge >= 0.3 is 0 Å². The lowest BCUT2D eigenvalue weighted by Gasteiger charge is -2.34. The van der Waals surface area contributed by atoms with Gasteiger partial charge in [0.1, 0.15) is 6.10 Å². The van der Waals surface area contributed by atoms with Crippen LogP contribution in [-0.2, 0) is 11.2 Å². The van der Waals surface area contributed by atoms with Crippen LogP contribution in [0.1, 0.15) is 43.8 Å². The minimum atomic E-state index is 0.0159. The van der Waals surface area contributed by atoms with Gasteiger partial charge in [0.05, 0.1) is 6.61 Å². The van der Waals surface area contributed by atoms with Crippen LogP contribution in [0.2, 0.25) is 0 Å². The minimum absolute atomic E-state index is 0.0159. The molecule has 0 radical (unpaired) electrons. The third-order valence-electron chi connectivity index (χ3n) is 4.40. The molecular weight excluding hydrogens is 252 g/mol. The second kappa shape index (κ2) is 6.16. The minimum Gasteiger partial charge on any atom is -0.367 e. The summed E-state index contributed by atoms with van der Waals surface area (Å²) in [7, 11) is 0. The van der Waals surface area contributed by atoms with Crippen molar-refractivity contribution in [2.75, 3.05) is 19.7 Å². The number of morpholine rings is 1. The first kappa shape index (κ1) is 13.9. The van der Waals surface area contributed by atoms with E-state index in [1.165, 1.54) is 19.4 Å². The van der Waals surface area contributed by atoms with Crippen LogP contribution >= 0.6 is 0 Å². The normalized spacial score (nSPS) is 28.3. The van der Waals surface area contributed by atoms with E-state index in [1.807, 2.05) is 12.3 Å². The Balaban J connectivity index is 1.68. The number of hydrogen-bond donors (Lipinski definition) is 1. The van der Waals surface area contributed by atoms with E-state index in [0.717, 1.165) is 37.5 Å². The number of ether oxygens (including phenoxy) is 1. The van der Waals surface area contributed by atoms with E-state index in [4.69, 9.17) is 10.5 Å². The molecule has 2 aliphatic heterocycles. The Morgan fingerprint density at radius 3 is 3.30 bits per heavy atom. The molecule has 5 nitrogen and oxygen atoms in total. The zero-order valence-corrected chi connectivity index (χ0v) is 12.2. The van der Waals surface area contributed by atoms with Crippen LogP contribution in [0.5, 0.6) is 0 Å². The molecule has 2 N–H and O–H groups in total. The average Bonchev–Trinajstić information content (AvgIpc) is 2.94. The van der Waals surface area contributed by atoms with Crippen LogP contribution in [-0.4, -0.2) is 46.6 Å². The van der Waals surface area contributed by atoms with Gasteiger partial charge in [-0.05, 0) is 31.9 Å². The Bertz CT molecular complexity index is 453. The van der Waals surface area contributed by atoms with E-state index in [2.05, 4.69) is 21.8 Å². The molecule has 0 aromatic carbocycles. The summed E-state index contributed by atoms with van der Waals surface area (Å²) in [6.07, 6.45) is 6.17. The van der Waals surface area contributed by atoms with Crippen molar-refractivity contribution in [3.05, 3.63) is 23.8 Å². The van der Waals surface area contributed by atoms with Gasteiger partial charge in [-0.25, -0.2) is 9.97 Å². The zero-order chi connectivity index (χ0) is 13.9. The number of nitrogens with two attached hydrogens (primary N) is 1. The molecule has 2 aliphatic rings. The number of rotatable bonds is 4. The summed E-state index contributed by atoms with van der Waals surface area (Å²) in [5.41, 5.74) is 7.03. The second-order valence-corrected chi connectivity index (χ2v) is 5.89. The molecule has 0 aliphatic carbocycles. The van der Waals surface area contributed by atoms with Gasteiger partial charge in [0.2, 0.25) is 0 Å². The van der Waals surface area contributed by atoms with Crippen molar-refractivity contribution in [1.82, 2.24) is 14.9 Å². The van der Waals surface area contributed by atoms with E-state index < -0.39 is 0 Å². The monoisotopic (exact) mass is 276 g/mol. The maximum atomic E-state index is 6.00. The summed E-state index contributed by atoms with van der Waals surface area (Å²) in [4.78, 5) is 11.6. The fourth-order valence-electron chi connectivity index (χ4n) is 3.07. The molecule has 3 atom stereocenters. The molecule has 3 unspecified atom stereocenters. The Morgan fingerprint density at radius 1 is 1.55 bits per heavy atom.